The summed E-state index contributed by atoms with van der Waals surface area (Å²) in [6, 6.07) is 5.40. The van der Waals surface area contributed by atoms with Gasteiger partial charge in [0.25, 0.3) is 5.91 Å². The SMILES string of the molecule is CC(CNC(=O)CNC(=O)c1ccccc1F)C(=O)O. The van der Waals surface area contributed by atoms with Gasteiger partial charge in [0, 0.05) is 6.54 Å². The summed E-state index contributed by atoms with van der Waals surface area (Å²) in [6.07, 6.45) is 0. The lowest BCUT2D eigenvalue weighted by atomic mass is 10.2. The molecule has 1 unspecified atom stereocenters. The number of nitrogens with one attached hydrogen (secondary N) is 2. The second-order valence-electron chi connectivity index (χ2n) is 4.21. The summed E-state index contributed by atoms with van der Waals surface area (Å²) in [5.41, 5.74) is -0.154. The van der Waals surface area contributed by atoms with Gasteiger partial charge in [-0.3, -0.25) is 14.4 Å². The van der Waals surface area contributed by atoms with Crippen LogP contribution < -0.4 is 10.6 Å². The summed E-state index contributed by atoms with van der Waals surface area (Å²) in [6.45, 7) is 1.06. The molecule has 0 spiro atoms. The maximum Gasteiger partial charge on any atom is 0.308 e. The number of halogens is 1. The Hall–Kier alpha value is -2.44. The number of benzene rings is 1. The minimum atomic E-state index is -1.03. The summed E-state index contributed by atoms with van der Waals surface area (Å²) in [7, 11) is 0. The Bertz CT molecular complexity index is 519. The van der Waals surface area contributed by atoms with Crippen LogP contribution in [0.4, 0.5) is 4.39 Å². The fourth-order valence-corrected chi connectivity index (χ4v) is 1.32. The van der Waals surface area contributed by atoms with E-state index >= 15 is 0 Å². The van der Waals surface area contributed by atoms with Crippen LogP contribution in [0.25, 0.3) is 0 Å². The Morgan fingerprint density at radius 2 is 1.90 bits per heavy atom. The third kappa shape index (κ3) is 4.68. The van der Waals surface area contributed by atoms with Crippen LogP contribution in [0.5, 0.6) is 0 Å². The van der Waals surface area contributed by atoms with Crippen molar-refractivity contribution in [1.82, 2.24) is 10.6 Å². The first-order valence-electron chi connectivity index (χ1n) is 5.94. The number of rotatable bonds is 6. The van der Waals surface area contributed by atoms with Crippen molar-refractivity contribution in [2.24, 2.45) is 5.92 Å². The fraction of sp³-hybridized carbons (Fsp3) is 0.308. The number of carbonyl (C=O) groups excluding carboxylic acids is 2. The van der Waals surface area contributed by atoms with E-state index in [1.807, 2.05) is 0 Å². The lowest BCUT2D eigenvalue weighted by molar-refractivity contribution is -0.141. The quantitative estimate of drug-likeness (QED) is 0.703. The maximum atomic E-state index is 13.3. The molecule has 2 amide bonds. The van der Waals surface area contributed by atoms with E-state index in [0.29, 0.717) is 0 Å². The van der Waals surface area contributed by atoms with Gasteiger partial charge in [-0.2, -0.15) is 0 Å². The van der Waals surface area contributed by atoms with Gasteiger partial charge in [-0.15, -0.1) is 0 Å². The van der Waals surface area contributed by atoms with Gasteiger partial charge in [0.05, 0.1) is 18.0 Å². The summed E-state index contributed by atoms with van der Waals surface area (Å²) in [5, 5.41) is 13.2. The van der Waals surface area contributed by atoms with Gasteiger partial charge in [0.1, 0.15) is 5.82 Å². The van der Waals surface area contributed by atoms with E-state index < -0.39 is 29.5 Å². The summed E-state index contributed by atoms with van der Waals surface area (Å²) >= 11 is 0. The Kier molecular flexibility index (Phi) is 5.64. The minimum absolute atomic E-state index is 0.0380. The lowest BCUT2D eigenvalue weighted by Crippen LogP contribution is -2.39. The average Bonchev–Trinajstić information content (AvgIpc) is 2.42. The second-order valence-corrected chi connectivity index (χ2v) is 4.21. The molecule has 0 saturated carbocycles. The third-order valence-electron chi connectivity index (χ3n) is 2.55. The maximum absolute atomic E-state index is 13.3. The molecule has 0 aliphatic rings. The molecular formula is C13H15FN2O4. The predicted octanol–water partition coefficient (Wildman–Crippen LogP) is 0.392. The van der Waals surface area contributed by atoms with Crippen molar-refractivity contribution in [2.45, 2.75) is 6.92 Å². The number of hydrogen-bond acceptors (Lipinski definition) is 3. The van der Waals surface area contributed by atoms with Gasteiger partial charge in [-0.05, 0) is 12.1 Å². The average molecular weight is 282 g/mol. The number of carbonyl (C=O) groups is 3. The highest BCUT2D eigenvalue weighted by molar-refractivity contribution is 5.96. The van der Waals surface area contributed by atoms with E-state index in [0.717, 1.165) is 6.07 Å². The van der Waals surface area contributed by atoms with Gasteiger partial charge < -0.3 is 15.7 Å². The van der Waals surface area contributed by atoms with Gasteiger partial charge in [0.15, 0.2) is 0 Å². The normalized spacial score (nSPS) is 11.5. The minimum Gasteiger partial charge on any atom is -0.481 e. The molecule has 0 heterocycles. The van der Waals surface area contributed by atoms with Crippen molar-refractivity contribution in [1.29, 1.82) is 0 Å². The highest BCUT2D eigenvalue weighted by Gasteiger charge is 2.14. The number of hydrogen-bond donors (Lipinski definition) is 3. The molecule has 1 aromatic rings. The lowest BCUT2D eigenvalue weighted by Gasteiger charge is -2.09. The van der Waals surface area contributed by atoms with Crippen molar-refractivity contribution in [3.05, 3.63) is 35.6 Å². The Morgan fingerprint density at radius 1 is 1.25 bits per heavy atom. The van der Waals surface area contributed by atoms with Crippen molar-refractivity contribution >= 4 is 17.8 Å². The van der Waals surface area contributed by atoms with E-state index in [4.69, 9.17) is 5.11 Å². The van der Waals surface area contributed by atoms with E-state index in [1.54, 1.807) is 0 Å². The predicted molar refractivity (Wildman–Crippen MR) is 68.5 cm³/mol. The zero-order valence-electron chi connectivity index (χ0n) is 10.9. The Morgan fingerprint density at radius 3 is 2.50 bits per heavy atom. The van der Waals surface area contributed by atoms with E-state index in [-0.39, 0.29) is 18.7 Å². The standard InChI is InChI=1S/C13H15FN2O4/c1-8(13(19)20)6-15-11(17)7-16-12(18)9-4-2-3-5-10(9)14/h2-5,8H,6-7H2,1H3,(H,15,17)(H,16,18)(H,19,20). The zero-order valence-corrected chi connectivity index (χ0v) is 10.9. The van der Waals surface area contributed by atoms with Crippen molar-refractivity contribution in [3.63, 3.8) is 0 Å². The molecule has 0 saturated heterocycles. The molecule has 108 valence electrons. The molecule has 3 N–H and O–H groups in total. The molecule has 0 aromatic heterocycles. The fourth-order valence-electron chi connectivity index (χ4n) is 1.32. The Labute approximate surface area is 115 Å². The zero-order chi connectivity index (χ0) is 15.1. The highest BCUT2D eigenvalue weighted by atomic mass is 19.1. The number of amides is 2. The number of carboxylic acid groups (broad SMARTS) is 1. The molecular weight excluding hydrogens is 267 g/mol. The van der Waals surface area contributed by atoms with Crippen molar-refractivity contribution < 1.29 is 23.9 Å². The van der Waals surface area contributed by atoms with E-state index in [9.17, 15) is 18.8 Å². The third-order valence-corrected chi connectivity index (χ3v) is 2.55. The molecule has 0 bridgehead atoms. The second kappa shape index (κ2) is 7.22. The smallest absolute Gasteiger partial charge is 0.308 e. The summed E-state index contributed by atoms with van der Waals surface area (Å²) in [5.74, 6) is -3.67. The Balaban J connectivity index is 2.40. The van der Waals surface area contributed by atoms with Crippen LogP contribution in [0, 0.1) is 11.7 Å². The molecule has 0 radical (unpaired) electrons. The van der Waals surface area contributed by atoms with E-state index in [1.165, 1.54) is 25.1 Å². The summed E-state index contributed by atoms with van der Waals surface area (Å²) in [4.78, 5) is 33.5. The molecule has 0 fully saturated rings. The number of aliphatic carboxylic acids is 1. The first-order valence-corrected chi connectivity index (χ1v) is 5.94. The molecule has 20 heavy (non-hydrogen) atoms. The van der Waals surface area contributed by atoms with Crippen LogP contribution >= 0.6 is 0 Å². The molecule has 6 nitrogen and oxygen atoms in total. The van der Waals surface area contributed by atoms with Crippen molar-refractivity contribution in [2.75, 3.05) is 13.1 Å². The van der Waals surface area contributed by atoms with Gasteiger partial charge in [-0.25, -0.2) is 4.39 Å². The number of carboxylic acids is 1. The first kappa shape index (κ1) is 15.6. The molecule has 1 atom stereocenters. The van der Waals surface area contributed by atoms with Crippen LogP contribution in [0.3, 0.4) is 0 Å². The van der Waals surface area contributed by atoms with Gasteiger partial charge >= 0.3 is 5.97 Å². The molecule has 0 aliphatic heterocycles. The van der Waals surface area contributed by atoms with Crippen LogP contribution in [0.15, 0.2) is 24.3 Å². The first-order chi connectivity index (χ1) is 9.41. The van der Waals surface area contributed by atoms with Gasteiger partial charge in [-0.1, -0.05) is 19.1 Å². The molecule has 1 aromatic carbocycles. The molecule has 7 heteroatoms. The van der Waals surface area contributed by atoms with Crippen molar-refractivity contribution in [3.8, 4) is 0 Å². The molecule has 1 rings (SSSR count). The van der Waals surface area contributed by atoms with Crippen LogP contribution in [-0.4, -0.2) is 36.0 Å². The van der Waals surface area contributed by atoms with E-state index in [2.05, 4.69) is 10.6 Å². The summed E-state index contributed by atoms with van der Waals surface area (Å²) < 4.78 is 13.3. The molecule has 0 aliphatic carbocycles. The van der Waals surface area contributed by atoms with Crippen LogP contribution in [0.1, 0.15) is 17.3 Å². The monoisotopic (exact) mass is 282 g/mol. The largest absolute Gasteiger partial charge is 0.481 e. The van der Waals surface area contributed by atoms with Crippen LogP contribution in [0.2, 0.25) is 0 Å². The highest BCUT2D eigenvalue weighted by Crippen LogP contribution is 2.05. The van der Waals surface area contributed by atoms with Crippen LogP contribution in [-0.2, 0) is 9.59 Å². The van der Waals surface area contributed by atoms with Gasteiger partial charge in [0.2, 0.25) is 5.91 Å². The topological polar surface area (TPSA) is 95.5 Å².